The average molecular weight is 348 g/mol. The van der Waals surface area contributed by atoms with Crippen LogP contribution in [0.3, 0.4) is 0 Å². The van der Waals surface area contributed by atoms with E-state index in [0.717, 1.165) is 54.4 Å². The lowest BCUT2D eigenvalue weighted by Gasteiger charge is -2.31. The van der Waals surface area contributed by atoms with E-state index >= 15 is 0 Å². The maximum absolute atomic E-state index is 12.4. The minimum absolute atomic E-state index is 0.0332. The molecule has 0 saturated carbocycles. The van der Waals surface area contributed by atoms with E-state index in [-0.39, 0.29) is 11.8 Å². The Morgan fingerprint density at radius 1 is 1.54 bits per heavy atom. The smallest absolute Gasteiger partial charge is 0.224 e. The Morgan fingerprint density at radius 3 is 3.29 bits per heavy atom. The second-order valence-electron chi connectivity index (χ2n) is 5.95. The number of anilines is 1. The normalized spacial score (nSPS) is 18.0. The summed E-state index contributed by atoms with van der Waals surface area (Å²) in [7, 11) is 0. The van der Waals surface area contributed by atoms with Crippen molar-refractivity contribution < 1.29 is 9.53 Å². The highest BCUT2D eigenvalue weighted by Crippen LogP contribution is 2.30. The molecule has 0 bridgehead atoms. The van der Waals surface area contributed by atoms with Crippen LogP contribution in [0.2, 0.25) is 0 Å². The number of carbonyl (C=O) groups is 1. The molecule has 3 heterocycles. The van der Waals surface area contributed by atoms with Crippen molar-refractivity contribution in [3.05, 3.63) is 18.3 Å². The highest BCUT2D eigenvalue weighted by Gasteiger charge is 2.27. The van der Waals surface area contributed by atoms with E-state index in [9.17, 15) is 4.79 Å². The Morgan fingerprint density at radius 2 is 2.46 bits per heavy atom. The van der Waals surface area contributed by atoms with Gasteiger partial charge in [-0.3, -0.25) is 4.79 Å². The average Bonchev–Trinajstić information content (AvgIpc) is 3.06. The number of carbonyl (C=O) groups excluding carboxylic acids is 1. The number of nitrogens with one attached hydrogen (secondary N) is 1. The molecule has 6 nitrogen and oxygen atoms in total. The first-order chi connectivity index (χ1) is 11.8. The van der Waals surface area contributed by atoms with Crippen LogP contribution in [-0.4, -0.2) is 48.7 Å². The van der Waals surface area contributed by atoms with Gasteiger partial charge in [-0.2, -0.15) is 0 Å². The van der Waals surface area contributed by atoms with Crippen LogP contribution in [0.4, 0.5) is 5.13 Å². The summed E-state index contributed by atoms with van der Waals surface area (Å²) < 4.78 is 5.29. The molecule has 1 saturated heterocycles. The number of hydrogen-bond donors (Lipinski definition) is 1. The number of ether oxygens (including phenoxy) is 1. The van der Waals surface area contributed by atoms with Gasteiger partial charge in [0.25, 0.3) is 0 Å². The minimum Gasteiger partial charge on any atom is -0.382 e. The van der Waals surface area contributed by atoms with Gasteiger partial charge in [0, 0.05) is 39.0 Å². The molecule has 2 aromatic rings. The minimum atomic E-state index is 0.0332. The number of hydrogen-bond acceptors (Lipinski definition) is 6. The van der Waals surface area contributed by atoms with Crippen molar-refractivity contribution in [3.8, 4) is 0 Å². The predicted molar refractivity (Wildman–Crippen MR) is 96.5 cm³/mol. The van der Waals surface area contributed by atoms with Crippen molar-refractivity contribution in [1.29, 1.82) is 0 Å². The van der Waals surface area contributed by atoms with Crippen LogP contribution in [0, 0.1) is 5.92 Å². The van der Waals surface area contributed by atoms with Gasteiger partial charge in [0.2, 0.25) is 5.91 Å². The molecular formula is C17H24N4O2S. The first kappa shape index (κ1) is 17.1. The van der Waals surface area contributed by atoms with Gasteiger partial charge >= 0.3 is 0 Å². The van der Waals surface area contributed by atoms with Crippen LogP contribution in [0.5, 0.6) is 0 Å². The number of piperidine rings is 1. The zero-order valence-corrected chi connectivity index (χ0v) is 14.8. The van der Waals surface area contributed by atoms with Crippen molar-refractivity contribution >= 4 is 32.7 Å². The molecule has 2 aromatic heterocycles. The molecular weight excluding hydrogens is 324 g/mol. The number of fused-ring (bicyclic) bond motifs is 1. The van der Waals surface area contributed by atoms with Crippen LogP contribution in [0.1, 0.15) is 26.2 Å². The molecule has 0 spiro atoms. The first-order valence-corrected chi connectivity index (χ1v) is 9.41. The number of thiazole rings is 1. The molecule has 130 valence electrons. The molecule has 24 heavy (non-hydrogen) atoms. The summed E-state index contributed by atoms with van der Waals surface area (Å²) in [4.78, 5) is 24.6. The quantitative estimate of drug-likeness (QED) is 0.779. The number of rotatable bonds is 7. The Kier molecular flexibility index (Phi) is 5.98. The van der Waals surface area contributed by atoms with E-state index in [1.807, 2.05) is 19.1 Å². The van der Waals surface area contributed by atoms with Crippen LogP contribution in [0.25, 0.3) is 10.3 Å². The van der Waals surface area contributed by atoms with E-state index in [2.05, 4.69) is 20.2 Å². The number of amides is 1. The van der Waals surface area contributed by atoms with Crippen LogP contribution in [0.15, 0.2) is 18.3 Å². The molecule has 3 rings (SSSR count). The molecule has 0 aliphatic carbocycles. The van der Waals surface area contributed by atoms with Crippen molar-refractivity contribution in [2.45, 2.75) is 26.2 Å². The lowest BCUT2D eigenvalue weighted by atomic mass is 9.97. The summed E-state index contributed by atoms with van der Waals surface area (Å²) in [5.41, 5.74) is 0.931. The van der Waals surface area contributed by atoms with Crippen LogP contribution >= 0.6 is 11.3 Å². The van der Waals surface area contributed by atoms with E-state index in [1.54, 1.807) is 17.5 Å². The van der Waals surface area contributed by atoms with Gasteiger partial charge in [-0.15, -0.1) is 0 Å². The zero-order chi connectivity index (χ0) is 16.8. The molecule has 1 fully saturated rings. The lowest BCUT2D eigenvalue weighted by Crippen LogP contribution is -2.43. The van der Waals surface area contributed by atoms with Gasteiger partial charge in [-0.05, 0) is 38.3 Å². The third-order valence-corrected chi connectivity index (χ3v) is 5.23. The van der Waals surface area contributed by atoms with Gasteiger partial charge in [-0.25, -0.2) is 9.97 Å². The summed E-state index contributed by atoms with van der Waals surface area (Å²) in [6.45, 7) is 5.77. The number of aromatic nitrogens is 2. The third-order valence-electron chi connectivity index (χ3n) is 4.19. The zero-order valence-electron chi connectivity index (χ0n) is 14.0. The van der Waals surface area contributed by atoms with Crippen molar-refractivity contribution in [1.82, 2.24) is 15.3 Å². The molecule has 7 heteroatoms. The highest BCUT2D eigenvalue weighted by atomic mass is 32.1. The predicted octanol–water partition coefficient (Wildman–Crippen LogP) is 2.45. The van der Waals surface area contributed by atoms with Crippen LogP contribution in [-0.2, 0) is 9.53 Å². The highest BCUT2D eigenvalue weighted by molar-refractivity contribution is 7.21. The maximum Gasteiger partial charge on any atom is 0.224 e. The summed E-state index contributed by atoms with van der Waals surface area (Å²) in [6.07, 6.45) is 4.61. The molecule has 1 N–H and O–H groups in total. The van der Waals surface area contributed by atoms with Crippen molar-refractivity contribution in [2.75, 3.05) is 37.7 Å². The van der Waals surface area contributed by atoms with Crippen LogP contribution < -0.4 is 10.2 Å². The second kappa shape index (κ2) is 8.39. The molecule has 0 unspecified atom stereocenters. The number of nitrogens with zero attached hydrogens (tertiary/aromatic N) is 3. The lowest BCUT2D eigenvalue weighted by molar-refractivity contribution is -0.125. The van der Waals surface area contributed by atoms with Gasteiger partial charge < -0.3 is 15.0 Å². The standard InChI is InChI=1S/C17H24N4O2S/c1-2-23-11-5-9-18-15(22)13-6-4-10-21(12-13)17-20-14-7-3-8-19-16(14)24-17/h3,7-8,13H,2,4-6,9-12H2,1H3,(H,18,22)/t13-/m0/s1. The summed E-state index contributed by atoms with van der Waals surface area (Å²) in [5.74, 6) is 0.182. The fourth-order valence-corrected chi connectivity index (χ4v) is 3.88. The monoisotopic (exact) mass is 348 g/mol. The van der Waals surface area contributed by atoms with Gasteiger partial charge in [0.05, 0.1) is 5.92 Å². The molecule has 1 amide bonds. The fourth-order valence-electron chi connectivity index (χ4n) is 2.93. The molecule has 1 aliphatic heterocycles. The fraction of sp³-hybridized carbons (Fsp3) is 0.588. The van der Waals surface area contributed by atoms with Gasteiger partial charge in [-0.1, -0.05) is 11.3 Å². The van der Waals surface area contributed by atoms with Crippen molar-refractivity contribution in [2.24, 2.45) is 5.92 Å². The summed E-state index contributed by atoms with van der Waals surface area (Å²) in [5, 5.41) is 4.00. The summed E-state index contributed by atoms with van der Waals surface area (Å²) in [6, 6.07) is 3.88. The molecule has 1 aliphatic rings. The second-order valence-corrected chi connectivity index (χ2v) is 6.91. The molecule has 1 atom stereocenters. The Hall–Kier alpha value is -1.73. The van der Waals surface area contributed by atoms with E-state index < -0.39 is 0 Å². The Bertz CT molecular complexity index is 642. The largest absolute Gasteiger partial charge is 0.382 e. The summed E-state index contributed by atoms with van der Waals surface area (Å²) >= 11 is 1.60. The van der Waals surface area contributed by atoms with Gasteiger partial charge in [0.1, 0.15) is 10.3 Å². The Balaban J connectivity index is 1.54. The van der Waals surface area contributed by atoms with Gasteiger partial charge in [0.15, 0.2) is 5.13 Å². The maximum atomic E-state index is 12.4. The topological polar surface area (TPSA) is 67.3 Å². The van der Waals surface area contributed by atoms with E-state index in [0.29, 0.717) is 13.2 Å². The van der Waals surface area contributed by atoms with E-state index in [4.69, 9.17) is 4.74 Å². The first-order valence-electron chi connectivity index (χ1n) is 8.60. The van der Waals surface area contributed by atoms with E-state index in [1.165, 1.54) is 0 Å². The Labute approximate surface area is 146 Å². The SMILES string of the molecule is CCOCCCNC(=O)[C@H]1CCCN(c2nc3cccnc3s2)C1. The molecule has 0 aromatic carbocycles. The number of pyridine rings is 1. The van der Waals surface area contributed by atoms with Crippen molar-refractivity contribution in [3.63, 3.8) is 0 Å². The molecule has 0 radical (unpaired) electrons. The third kappa shape index (κ3) is 4.21.